The first-order valence-corrected chi connectivity index (χ1v) is 12.5. The lowest BCUT2D eigenvalue weighted by Gasteiger charge is -2.29. The molecule has 0 bridgehead atoms. The predicted molar refractivity (Wildman–Crippen MR) is 141 cm³/mol. The molecule has 2 N–H and O–H groups in total. The number of amides is 1. The number of fused-ring (bicyclic) bond motifs is 1. The third kappa shape index (κ3) is 5.13. The summed E-state index contributed by atoms with van der Waals surface area (Å²) in [6.45, 7) is 0.921. The van der Waals surface area contributed by atoms with Gasteiger partial charge in [0.1, 0.15) is 17.7 Å². The van der Waals surface area contributed by atoms with Crippen LogP contribution in [0.15, 0.2) is 68.8 Å². The number of H-pyrrole nitrogens is 1. The number of phenols is 1. The average molecular weight is 604 g/mol. The monoisotopic (exact) mass is 602 g/mol. The van der Waals surface area contributed by atoms with Crippen molar-refractivity contribution in [2.75, 3.05) is 6.54 Å². The van der Waals surface area contributed by atoms with Gasteiger partial charge in [-0.15, -0.1) is 0 Å². The van der Waals surface area contributed by atoms with Crippen LogP contribution in [-0.4, -0.2) is 37.2 Å². The maximum absolute atomic E-state index is 13.3. The third-order valence-electron chi connectivity index (χ3n) is 5.83. The fourth-order valence-electron chi connectivity index (χ4n) is 4.04. The van der Waals surface area contributed by atoms with Gasteiger partial charge in [0.2, 0.25) is 0 Å². The van der Waals surface area contributed by atoms with Crippen molar-refractivity contribution in [2.45, 2.75) is 13.0 Å². The van der Waals surface area contributed by atoms with Crippen LogP contribution in [0.1, 0.15) is 21.5 Å². The lowest BCUT2D eigenvalue weighted by molar-refractivity contribution is 0.0731. The Labute approximate surface area is 228 Å². The number of carbonyl (C=O) groups excluding carboxylic acids is 1. The summed E-state index contributed by atoms with van der Waals surface area (Å²) in [6.07, 6.45) is 1.65. The minimum atomic E-state index is -0.761. The van der Waals surface area contributed by atoms with Crippen molar-refractivity contribution in [1.82, 2.24) is 19.7 Å². The zero-order valence-electron chi connectivity index (χ0n) is 18.9. The molecule has 1 aromatic heterocycles. The highest BCUT2D eigenvalue weighted by atomic mass is 79.9. The van der Waals surface area contributed by atoms with Gasteiger partial charge in [0.15, 0.2) is 5.75 Å². The van der Waals surface area contributed by atoms with Gasteiger partial charge in [-0.2, -0.15) is 9.78 Å². The Morgan fingerprint density at radius 1 is 1.05 bits per heavy atom. The second-order valence-electron chi connectivity index (χ2n) is 8.26. The lowest BCUT2D eigenvalue weighted by Crippen LogP contribution is -2.36. The predicted octanol–water partition coefficient (Wildman–Crippen LogP) is 4.69. The van der Waals surface area contributed by atoms with E-state index in [-0.39, 0.29) is 44.5 Å². The normalized spacial score (nSPS) is 12.8. The van der Waals surface area contributed by atoms with Crippen molar-refractivity contribution in [1.29, 1.82) is 0 Å². The van der Waals surface area contributed by atoms with Gasteiger partial charge in [0.05, 0.1) is 21.3 Å². The van der Waals surface area contributed by atoms with E-state index in [2.05, 4.69) is 26.0 Å². The van der Waals surface area contributed by atoms with E-state index in [0.717, 1.165) is 20.9 Å². The molecule has 0 atom stereocenters. The van der Waals surface area contributed by atoms with Gasteiger partial charge in [-0.05, 0) is 60.0 Å². The van der Waals surface area contributed by atoms with Crippen LogP contribution in [0, 0.1) is 0 Å². The molecular weight excluding hydrogens is 587 g/mol. The number of rotatable bonds is 4. The molecule has 1 aliphatic heterocycles. The number of hydrogen-bond acceptors (Lipinski definition) is 6. The standard InChI is InChI=1S/C25H17BrCl2N4O5/c26-15-2-1-13-5-6-31(12-14(13)7-15)24(35)18-10-17(3-4-21(18)33)37-23-19(27)8-16(9-20(23)28)32-25(36)30-22(34)11-29-32/h1-4,7-11,33H,5-6,12H2,(H,30,34,36). The Bertz CT molecular complexity index is 1650. The molecule has 2 heterocycles. The van der Waals surface area contributed by atoms with Crippen LogP contribution in [0.25, 0.3) is 5.69 Å². The molecule has 0 unspecified atom stereocenters. The molecule has 3 aromatic carbocycles. The van der Waals surface area contributed by atoms with Crippen LogP contribution in [0.3, 0.4) is 0 Å². The van der Waals surface area contributed by atoms with Crippen molar-refractivity contribution in [3.8, 4) is 22.9 Å². The number of ether oxygens (including phenoxy) is 1. The number of hydrogen-bond donors (Lipinski definition) is 2. The maximum atomic E-state index is 13.3. The number of phenolic OH excluding ortho intramolecular Hbond substituents is 1. The lowest BCUT2D eigenvalue weighted by atomic mass is 9.99. The van der Waals surface area contributed by atoms with E-state index in [1.807, 2.05) is 18.2 Å². The van der Waals surface area contributed by atoms with E-state index in [1.54, 1.807) is 4.90 Å². The summed E-state index contributed by atoms with van der Waals surface area (Å²) < 4.78 is 7.72. The number of carbonyl (C=O) groups is 1. The van der Waals surface area contributed by atoms with Crippen LogP contribution in [0.2, 0.25) is 10.0 Å². The largest absolute Gasteiger partial charge is 0.507 e. The molecule has 12 heteroatoms. The van der Waals surface area contributed by atoms with Crippen LogP contribution in [0.4, 0.5) is 0 Å². The van der Waals surface area contributed by atoms with E-state index in [0.29, 0.717) is 19.5 Å². The fourth-order valence-corrected chi connectivity index (χ4v) is 5.00. The molecular formula is C25H17BrCl2N4O5. The minimum Gasteiger partial charge on any atom is -0.507 e. The molecule has 9 nitrogen and oxygen atoms in total. The smallest absolute Gasteiger partial charge is 0.349 e. The molecule has 0 aliphatic carbocycles. The molecule has 1 aliphatic rings. The Morgan fingerprint density at radius 2 is 1.81 bits per heavy atom. The number of aromatic nitrogens is 3. The summed E-state index contributed by atoms with van der Waals surface area (Å²) in [7, 11) is 0. The Hall–Kier alpha value is -3.60. The van der Waals surface area contributed by atoms with Crippen LogP contribution in [0.5, 0.6) is 17.2 Å². The number of nitrogens with zero attached hydrogens (tertiary/aromatic N) is 3. The number of halogens is 3. The van der Waals surface area contributed by atoms with E-state index in [4.69, 9.17) is 27.9 Å². The highest BCUT2D eigenvalue weighted by Crippen LogP contribution is 2.39. The molecule has 0 radical (unpaired) electrons. The summed E-state index contributed by atoms with van der Waals surface area (Å²) in [5.74, 6) is -0.235. The summed E-state index contributed by atoms with van der Waals surface area (Å²) in [6, 6.07) is 13.0. The Kier molecular flexibility index (Phi) is 6.80. The topological polar surface area (TPSA) is 118 Å². The first-order chi connectivity index (χ1) is 17.7. The molecule has 1 amide bonds. The van der Waals surface area contributed by atoms with Crippen molar-refractivity contribution < 1.29 is 14.6 Å². The first kappa shape index (κ1) is 25.1. The van der Waals surface area contributed by atoms with Gasteiger partial charge in [-0.1, -0.05) is 45.2 Å². The quantitative estimate of drug-likeness (QED) is 0.350. The van der Waals surface area contributed by atoms with E-state index < -0.39 is 11.2 Å². The van der Waals surface area contributed by atoms with E-state index >= 15 is 0 Å². The SMILES string of the molecule is O=C(c1cc(Oc2c(Cl)cc(-n3ncc(=O)[nH]c3=O)cc2Cl)ccc1O)N1CCc2ccc(Br)cc2C1. The van der Waals surface area contributed by atoms with Gasteiger partial charge in [-0.3, -0.25) is 14.6 Å². The van der Waals surface area contributed by atoms with E-state index in [9.17, 15) is 19.5 Å². The molecule has 37 heavy (non-hydrogen) atoms. The summed E-state index contributed by atoms with van der Waals surface area (Å²) in [4.78, 5) is 40.4. The Balaban J connectivity index is 1.41. The van der Waals surface area contributed by atoms with Gasteiger partial charge in [0, 0.05) is 17.6 Å². The van der Waals surface area contributed by atoms with Gasteiger partial charge in [0.25, 0.3) is 11.5 Å². The molecule has 0 saturated heterocycles. The molecule has 0 saturated carbocycles. The fraction of sp³-hybridized carbons (Fsp3) is 0.120. The molecule has 5 rings (SSSR count). The number of aromatic hydroxyl groups is 1. The van der Waals surface area contributed by atoms with Crippen LogP contribution in [-0.2, 0) is 13.0 Å². The second-order valence-corrected chi connectivity index (χ2v) is 9.99. The van der Waals surface area contributed by atoms with E-state index in [1.165, 1.54) is 35.9 Å². The molecule has 0 fully saturated rings. The zero-order valence-corrected chi connectivity index (χ0v) is 22.0. The van der Waals surface area contributed by atoms with Crippen molar-refractivity contribution in [2.24, 2.45) is 0 Å². The van der Waals surface area contributed by atoms with Crippen LogP contribution < -0.4 is 16.0 Å². The average Bonchev–Trinajstić information content (AvgIpc) is 2.86. The van der Waals surface area contributed by atoms with Crippen molar-refractivity contribution in [3.63, 3.8) is 0 Å². The summed E-state index contributed by atoms with van der Waals surface area (Å²) >= 11 is 16.2. The summed E-state index contributed by atoms with van der Waals surface area (Å²) in [5.41, 5.74) is 1.10. The second kappa shape index (κ2) is 10.0. The molecule has 0 spiro atoms. The number of nitrogens with one attached hydrogen (secondary N) is 1. The van der Waals surface area contributed by atoms with Crippen molar-refractivity contribution >= 4 is 45.0 Å². The molecule has 4 aromatic rings. The number of aromatic amines is 1. The highest BCUT2D eigenvalue weighted by Gasteiger charge is 2.25. The van der Waals surface area contributed by atoms with Gasteiger partial charge < -0.3 is 14.7 Å². The number of benzene rings is 3. The zero-order chi connectivity index (χ0) is 26.3. The Morgan fingerprint density at radius 3 is 2.54 bits per heavy atom. The maximum Gasteiger partial charge on any atom is 0.349 e. The molecule has 188 valence electrons. The third-order valence-corrected chi connectivity index (χ3v) is 6.88. The van der Waals surface area contributed by atoms with Crippen LogP contribution >= 0.6 is 39.1 Å². The first-order valence-electron chi connectivity index (χ1n) is 10.9. The highest BCUT2D eigenvalue weighted by molar-refractivity contribution is 9.10. The minimum absolute atomic E-state index is 0.0570. The summed E-state index contributed by atoms with van der Waals surface area (Å²) in [5, 5.41) is 14.3. The van der Waals surface area contributed by atoms with Crippen molar-refractivity contribution in [3.05, 3.63) is 107 Å². The van der Waals surface area contributed by atoms with Gasteiger partial charge >= 0.3 is 5.69 Å². The van der Waals surface area contributed by atoms with Gasteiger partial charge in [-0.25, -0.2) is 4.79 Å².